The molecule has 4 nitrogen and oxygen atoms in total. The summed E-state index contributed by atoms with van der Waals surface area (Å²) in [7, 11) is 3.19. The maximum Gasteiger partial charge on any atom is 0.137 e. The first-order chi connectivity index (χ1) is 7.13. The van der Waals surface area contributed by atoms with E-state index in [1.807, 2.05) is 19.1 Å². The zero-order valence-corrected chi connectivity index (χ0v) is 10.5. The lowest BCUT2D eigenvalue weighted by Gasteiger charge is -2.14. The van der Waals surface area contributed by atoms with Crippen molar-refractivity contribution in [1.82, 2.24) is 0 Å². The Hall–Kier alpha value is -0.780. The molecule has 0 aromatic heterocycles. The molecule has 0 radical (unpaired) electrons. The lowest BCUT2D eigenvalue weighted by Crippen LogP contribution is -2.06. The summed E-state index contributed by atoms with van der Waals surface area (Å²) >= 11 is 3.38. The monoisotopic (exact) mass is 275 g/mol. The Morgan fingerprint density at radius 3 is 2.00 bits per heavy atom. The molecule has 0 saturated carbocycles. The van der Waals surface area contributed by atoms with Gasteiger partial charge in [0.2, 0.25) is 0 Å². The van der Waals surface area contributed by atoms with Crippen LogP contribution in [0, 0.1) is 0 Å². The van der Waals surface area contributed by atoms with Crippen molar-refractivity contribution in [3.05, 3.63) is 22.2 Å². The number of ether oxygens (including phenoxy) is 2. The summed E-state index contributed by atoms with van der Waals surface area (Å²) in [5, 5.41) is 0. The van der Waals surface area contributed by atoms with E-state index in [1.54, 1.807) is 14.2 Å². The van der Waals surface area contributed by atoms with Gasteiger partial charge in [0.05, 0.1) is 14.2 Å². The SMILES string of the molecule is COc1cc(C(C)ON)cc(OC)c1Br. The Morgan fingerprint density at radius 1 is 1.20 bits per heavy atom. The number of hydrogen-bond acceptors (Lipinski definition) is 4. The molecule has 0 fully saturated rings. The number of nitrogens with two attached hydrogens (primary N) is 1. The van der Waals surface area contributed by atoms with Crippen LogP contribution in [0.15, 0.2) is 16.6 Å². The highest BCUT2D eigenvalue weighted by atomic mass is 79.9. The Bertz CT molecular complexity index is 318. The minimum atomic E-state index is -0.208. The summed E-state index contributed by atoms with van der Waals surface area (Å²) in [5.41, 5.74) is 0.898. The normalized spacial score (nSPS) is 12.3. The third-order valence-electron chi connectivity index (χ3n) is 2.14. The van der Waals surface area contributed by atoms with E-state index in [2.05, 4.69) is 15.9 Å². The molecule has 5 heteroatoms. The zero-order chi connectivity index (χ0) is 11.4. The third kappa shape index (κ3) is 2.62. The van der Waals surface area contributed by atoms with E-state index in [0.717, 1.165) is 10.0 Å². The van der Waals surface area contributed by atoms with Crippen LogP contribution in [0.2, 0.25) is 0 Å². The molecule has 0 spiro atoms. The summed E-state index contributed by atoms with van der Waals surface area (Å²) < 4.78 is 11.2. The van der Waals surface area contributed by atoms with Crippen LogP contribution in [-0.4, -0.2) is 14.2 Å². The molecule has 0 saturated heterocycles. The van der Waals surface area contributed by atoms with E-state index in [0.29, 0.717) is 11.5 Å². The highest BCUT2D eigenvalue weighted by Gasteiger charge is 2.13. The molecule has 0 aliphatic rings. The van der Waals surface area contributed by atoms with Gasteiger partial charge in [0.1, 0.15) is 22.1 Å². The Balaban J connectivity index is 3.20. The molecule has 0 heterocycles. The number of rotatable bonds is 4. The van der Waals surface area contributed by atoms with Gasteiger partial charge in [-0.15, -0.1) is 0 Å². The average Bonchev–Trinajstić information content (AvgIpc) is 2.28. The zero-order valence-electron chi connectivity index (χ0n) is 8.91. The van der Waals surface area contributed by atoms with Crippen LogP contribution < -0.4 is 15.4 Å². The molecule has 1 rings (SSSR count). The van der Waals surface area contributed by atoms with Gasteiger partial charge in [-0.1, -0.05) is 0 Å². The van der Waals surface area contributed by atoms with Crippen LogP contribution in [0.1, 0.15) is 18.6 Å². The summed E-state index contributed by atoms with van der Waals surface area (Å²) in [6, 6.07) is 3.70. The van der Waals surface area contributed by atoms with Gasteiger partial charge < -0.3 is 9.47 Å². The largest absolute Gasteiger partial charge is 0.495 e. The van der Waals surface area contributed by atoms with E-state index in [9.17, 15) is 0 Å². The summed E-state index contributed by atoms with van der Waals surface area (Å²) in [4.78, 5) is 4.75. The molecule has 0 aliphatic heterocycles. The Labute approximate surface area is 97.4 Å². The summed E-state index contributed by atoms with van der Waals surface area (Å²) in [6.07, 6.45) is -0.208. The quantitative estimate of drug-likeness (QED) is 0.858. The van der Waals surface area contributed by atoms with E-state index in [-0.39, 0.29) is 6.10 Å². The number of benzene rings is 1. The number of hydrogen-bond donors (Lipinski definition) is 1. The fraction of sp³-hybridized carbons (Fsp3) is 0.400. The Morgan fingerprint density at radius 2 is 1.67 bits per heavy atom. The average molecular weight is 276 g/mol. The first kappa shape index (κ1) is 12.3. The molecule has 15 heavy (non-hydrogen) atoms. The maximum absolute atomic E-state index is 5.20. The minimum Gasteiger partial charge on any atom is -0.495 e. The number of halogens is 1. The fourth-order valence-corrected chi connectivity index (χ4v) is 1.76. The van der Waals surface area contributed by atoms with Gasteiger partial charge in [-0.2, -0.15) is 0 Å². The molecular formula is C10H14BrNO3. The highest BCUT2D eigenvalue weighted by Crippen LogP contribution is 2.37. The van der Waals surface area contributed by atoms with Gasteiger partial charge >= 0.3 is 0 Å². The summed E-state index contributed by atoms with van der Waals surface area (Å²) in [5.74, 6) is 6.51. The second-order valence-corrected chi connectivity index (χ2v) is 3.81. The fourth-order valence-electron chi connectivity index (χ4n) is 1.20. The van der Waals surface area contributed by atoms with Crippen molar-refractivity contribution in [2.75, 3.05) is 14.2 Å². The Kier molecular flexibility index (Phi) is 4.38. The van der Waals surface area contributed by atoms with Crippen LogP contribution in [0.25, 0.3) is 0 Å². The molecule has 0 bridgehead atoms. The second-order valence-electron chi connectivity index (χ2n) is 3.02. The third-order valence-corrected chi connectivity index (χ3v) is 2.92. The van der Waals surface area contributed by atoms with Crippen LogP contribution in [0.3, 0.4) is 0 Å². The van der Waals surface area contributed by atoms with Crippen LogP contribution in [-0.2, 0) is 4.84 Å². The smallest absolute Gasteiger partial charge is 0.137 e. The van der Waals surface area contributed by atoms with E-state index in [1.165, 1.54) is 0 Å². The predicted molar refractivity (Wildman–Crippen MR) is 60.9 cm³/mol. The summed E-state index contributed by atoms with van der Waals surface area (Å²) in [6.45, 7) is 1.85. The molecule has 0 amide bonds. The van der Waals surface area contributed by atoms with Crippen LogP contribution in [0.4, 0.5) is 0 Å². The lowest BCUT2D eigenvalue weighted by molar-refractivity contribution is 0.0661. The van der Waals surface area contributed by atoms with Gasteiger partial charge in [-0.05, 0) is 40.5 Å². The van der Waals surface area contributed by atoms with Crippen LogP contribution in [0.5, 0.6) is 11.5 Å². The van der Waals surface area contributed by atoms with Crippen molar-refractivity contribution in [3.8, 4) is 11.5 Å². The molecule has 1 unspecified atom stereocenters. The molecule has 1 aromatic rings. The van der Waals surface area contributed by atoms with Crippen molar-refractivity contribution in [2.45, 2.75) is 13.0 Å². The van der Waals surface area contributed by atoms with Crippen LogP contribution >= 0.6 is 15.9 Å². The molecule has 1 aromatic carbocycles. The van der Waals surface area contributed by atoms with Gasteiger partial charge in [0, 0.05) is 0 Å². The van der Waals surface area contributed by atoms with Gasteiger partial charge in [0.25, 0.3) is 0 Å². The van der Waals surface area contributed by atoms with Gasteiger partial charge in [-0.25, -0.2) is 5.90 Å². The van der Waals surface area contributed by atoms with Crippen molar-refractivity contribution in [1.29, 1.82) is 0 Å². The molecule has 0 aliphatic carbocycles. The van der Waals surface area contributed by atoms with Crippen molar-refractivity contribution in [2.24, 2.45) is 5.90 Å². The van der Waals surface area contributed by atoms with Crippen molar-refractivity contribution >= 4 is 15.9 Å². The van der Waals surface area contributed by atoms with Crippen molar-refractivity contribution < 1.29 is 14.3 Å². The predicted octanol–water partition coefficient (Wildman–Crippen LogP) is 2.42. The molecule has 2 N–H and O–H groups in total. The van der Waals surface area contributed by atoms with E-state index < -0.39 is 0 Å². The standard InChI is InChI=1S/C10H14BrNO3/c1-6(15-12)7-4-8(13-2)10(11)9(5-7)14-3/h4-6H,12H2,1-3H3. The van der Waals surface area contributed by atoms with Crippen molar-refractivity contribution in [3.63, 3.8) is 0 Å². The second kappa shape index (κ2) is 5.34. The molecular weight excluding hydrogens is 262 g/mol. The van der Waals surface area contributed by atoms with E-state index >= 15 is 0 Å². The molecule has 1 atom stereocenters. The molecule has 84 valence electrons. The first-order valence-corrected chi connectivity index (χ1v) is 5.20. The first-order valence-electron chi connectivity index (χ1n) is 4.41. The maximum atomic E-state index is 5.20. The van der Waals surface area contributed by atoms with E-state index in [4.69, 9.17) is 20.2 Å². The number of methoxy groups -OCH3 is 2. The van der Waals surface area contributed by atoms with Gasteiger partial charge in [0.15, 0.2) is 0 Å². The van der Waals surface area contributed by atoms with Gasteiger partial charge in [-0.3, -0.25) is 4.84 Å². The topological polar surface area (TPSA) is 53.7 Å². The highest BCUT2D eigenvalue weighted by molar-refractivity contribution is 9.10. The lowest BCUT2D eigenvalue weighted by atomic mass is 10.1. The minimum absolute atomic E-state index is 0.208.